The maximum absolute atomic E-state index is 12.5. The highest BCUT2D eigenvalue weighted by Gasteiger charge is 2.22. The number of nitrogens with one attached hydrogen (secondary N) is 1. The Kier molecular flexibility index (Phi) is 5.90. The lowest BCUT2D eigenvalue weighted by Gasteiger charge is -2.28. The molecule has 1 N–H and O–H groups in total. The van der Waals surface area contributed by atoms with Crippen LogP contribution in [-0.4, -0.2) is 63.7 Å². The fourth-order valence-corrected chi connectivity index (χ4v) is 3.87. The number of carbonyl (C=O) groups is 2. The monoisotopic (exact) mass is 373 g/mol. The Morgan fingerprint density at radius 2 is 1.88 bits per heavy atom. The van der Waals surface area contributed by atoms with Crippen LogP contribution in [0.15, 0.2) is 36.4 Å². The molecular formula is C19H23N3O3S. The van der Waals surface area contributed by atoms with Gasteiger partial charge in [-0.3, -0.25) is 9.59 Å². The van der Waals surface area contributed by atoms with Gasteiger partial charge in [0.1, 0.15) is 0 Å². The number of carbonyl (C=O) groups excluding carboxylic acids is 2. The number of nitrogens with zero attached hydrogens (tertiary/aromatic N) is 2. The second-order valence-electron chi connectivity index (χ2n) is 6.27. The molecule has 3 rings (SSSR count). The standard InChI is InChI=1S/C19H23N3O3S/c1-21(2)17(23)13-20-18(24)16-12-15(14-6-4-3-5-7-14)19(26-16)22-8-10-25-11-9-22/h3-7,12H,8-11,13H2,1-2H3,(H,20,24). The van der Waals surface area contributed by atoms with E-state index in [1.807, 2.05) is 36.4 Å². The van der Waals surface area contributed by atoms with Crippen molar-refractivity contribution in [2.45, 2.75) is 0 Å². The van der Waals surface area contributed by atoms with Crippen molar-refractivity contribution in [3.63, 3.8) is 0 Å². The SMILES string of the molecule is CN(C)C(=O)CNC(=O)c1cc(-c2ccccc2)c(N2CCOCC2)s1. The third-order valence-electron chi connectivity index (χ3n) is 4.22. The number of ether oxygens (including phenoxy) is 1. The van der Waals surface area contributed by atoms with E-state index in [0.29, 0.717) is 18.1 Å². The molecule has 0 bridgehead atoms. The van der Waals surface area contributed by atoms with E-state index < -0.39 is 0 Å². The number of amides is 2. The van der Waals surface area contributed by atoms with Crippen LogP contribution in [0.1, 0.15) is 9.67 Å². The number of hydrogen-bond acceptors (Lipinski definition) is 5. The fourth-order valence-electron chi connectivity index (χ4n) is 2.72. The van der Waals surface area contributed by atoms with Crippen LogP contribution in [0.3, 0.4) is 0 Å². The molecule has 0 atom stereocenters. The molecular weight excluding hydrogens is 350 g/mol. The predicted octanol–water partition coefficient (Wildman–Crippen LogP) is 2.07. The zero-order valence-corrected chi connectivity index (χ0v) is 15.8. The lowest BCUT2D eigenvalue weighted by Crippen LogP contribution is -2.36. The minimum absolute atomic E-state index is 0.00269. The summed E-state index contributed by atoms with van der Waals surface area (Å²) >= 11 is 1.46. The average molecular weight is 373 g/mol. The number of hydrogen-bond donors (Lipinski definition) is 1. The summed E-state index contributed by atoms with van der Waals surface area (Å²) in [7, 11) is 3.34. The van der Waals surface area contributed by atoms with Crippen molar-refractivity contribution in [3.8, 4) is 11.1 Å². The summed E-state index contributed by atoms with van der Waals surface area (Å²) in [5.74, 6) is -0.353. The maximum atomic E-state index is 12.5. The Balaban J connectivity index is 1.86. The van der Waals surface area contributed by atoms with Crippen molar-refractivity contribution in [2.75, 3.05) is 51.8 Å². The summed E-state index contributed by atoms with van der Waals surface area (Å²) < 4.78 is 5.45. The Labute approximate surface area is 157 Å². The van der Waals surface area contributed by atoms with Crippen LogP contribution in [0, 0.1) is 0 Å². The van der Waals surface area contributed by atoms with Gasteiger partial charge in [-0.15, -0.1) is 11.3 Å². The van der Waals surface area contributed by atoms with Crippen molar-refractivity contribution in [1.82, 2.24) is 10.2 Å². The van der Waals surface area contributed by atoms with Crippen LogP contribution in [0.5, 0.6) is 0 Å². The van der Waals surface area contributed by atoms with Crippen molar-refractivity contribution in [2.24, 2.45) is 0 Å². The highest BCUT2D eigenvalue weighted by Crippen LogP contribution is 2.39. The van der Waals surface area contributed by atoms with Gasteiger partial charge in [0.2, 0.25) is 5.91 Å². The number of likely N-dealkylation sites (N-methyl/N-ethyl adjacent to an activating group) is 1. The van der Waals surface area contributed by atoms with E-state index in [2.05, 4.69) is 10.2 Å². The molecule has 1 aromatic heterocycles. The van der Waals surface area contributed by atoms with Crippen LogP contribution in [0.4, 0.5) is 5.00 Å². The van der Waals surface area contributed by atoms with Gasteiger partial charge in [-0.25, -0.2) is 0 Å². The molecule has 7 heteroatoms. The minimum atomic E-state index is -0.220. The lowest BCUT2D eigenvalue weighted by atomic mass is 10.1. The molecule has 138 valence electrons. The van der Waals surface area contributed by atoms with Crippen LogP contribution in [0.2, 0.25) is 0 Å². The predicted molar refractivity (Wildman–Crippen MR) is 104 cm³/mol. The average Bonchev–Trinajstić information content (AvgIpc) is 3.12. The van der Waals surface area contributed by atoms with E-state index >= 15 is 0 Å². The largest absolute Gasteiger partial charge is 0.378 e. The first-order valence-corrected chi connectivity index (χ1v) is 9.38. The molecule has 2 aromatic rings. The van der Waals surface area contributed by atoms with Gasteiger partial charge >= 0.3 is 0 Å². The molecule has 6 nitrogen and oxygen atoms in total. The first kappa shape index (κ1) is 18.4. The molecule has 1 aliphatic rings. The molecule has 0 radical (unpaired) electrons. The van der Waals surface area contributed by atoms with Gasteiger partial charge in [0.05, 0.1) is 29.6 Å². The highest BCUT2D eigenvalue weighted by molar-refractivity contribution is 7.18. The zero-order valence-electron chi connectivity index (χ0n) is 15.0. The number of morpholine rings is 1. The summed E-state index contributed by atoms with van der Waals surface area (Å²) in [4.78, 5) is 28.6. The summed E-state index contributed by atoms with van der Waals surface area (Å²) in [6.07, 6.45) is 0. The van der Waals surface area contributed by atoms with Crippen molar-refractivity contribution >= 4 is 28.2 Å². The molecule has 2 heterocycles. The normalized spacial score (nSPS) is 14.2. The van der Waals surface area contributed by atoms with Crippen LogP contribution in [-0.2, 0) is 9.53 Å². The molecule has 0 spiro atoms. The number of thiophene rings is 1. The Hall–Kier alpha value is -2.38. The molecule has 1 saturated heterocycles. The van der Waals surface area contributed by atoms with Gasteiger partial charge in [-0.1, -0.05) is 30.3 Å². The third kappa shape index (κ3) is 4.23. The van der Waals surface area contributed by atoms with Gasteiger partial charge in [0.25, 0.3) is 5.91 Å². The first-order chi connectivity index (χ1) is 12.6. The molecule has 0 unspecified atom stereocenters. The van der Waals surface area contributed by atoms with Gasteiger partial charge < -0.3 is 19.9 Å². The Morgan fingerprint density at radius 3 is 2.54 bits per heavy atom. The van der Waals surface area contributed by atoms with Crippen molar-refractivity contribution in [1.29, 1.82) is 0 Å². The lowest BCUT2D eigenvalue weighted by molar-refractivity contribution is -0.127. The summed E-state index contributed by atoms with van der Waals surface area (Å²) in [5, 5.41) is 3.78. The summed E-state index contributed by atoms with van der Waals surface area (Å²) in [6, 6.07) is 12.0. The van der Waals surface area contributed by atoms with E-state index in [4.69, 9.17) is 4.74 Å². The van der Waals surface area contributed by atoms with Crippen molar-refractivity contribution in [3.05, 3.63) is 41.3 Å². The molecule has 1 aliphatic heterocycles. The van der Waals surface area contributed by atoms with Gasteiger partial charge in [0, 0.05) is 32.7 Å². The van der Waals surface area contributed by atoms with E-state index in [-0.39, 0.29) is 18.4 Å². The van der Waals surface area contributed by atoms with Crippen molar-refractivity contribution < 1.29 is 14.3 Å². The minimum Gasteiger partial charge on any atom is -0.378 e. The maximum Gasteiger partial charge on any atom is 0.261 e. The second-order valence-corrected chi connectivity index (χ2v) is 7.30. The van der Waals surface area contributed by atoms with Gasteiger partial charge in [-0.2, -0.15) is 0 Å². The molecule has 1 fully saturated rings. The molecule has 26 heavy (non-hydrogen) atoms. The summed E-state index contributed by atoms with van der Waals surface area (Å²) in [6.45, 7) is 2.98. The second kappa shape index (κ2) is 8.33. The Morgan fingerprint density at radius 1 is 1.19 bits per heavy atom. The molecule has 2 amide bonds. The molecule has 1 aromatic carbocycles. The summed E-state index contributed by atoms with van der Waals surface area (Å²) in [5.41, 5.74) is 2.12. The molecule has 0 saturated carbocycles. The van der Waals surface area contributed by atoms with Crippen LogP contribution in [0.25, 0.3) is 11.1 Å². The number of benzene rings is 1. The van der Waals surface area contributed by atoms with E-state index in [1.165, 1.54) is 16.2 Å². The fraction of sp³-hybridized carbons (Fsp3) is 0.368. The van der Waals surface area contributed by atoms with E-state index in [9.17, 15) is 9.59 Å². The highest BCUT2D eigenvalue weighted by atomic mass is 32.1. The first-order valence-electron chi connectivity index (χ1n) is 8.56. The smallest absolute Gasteiger partial charge is 0.261 e. The third-order valence-corrected chi connectivity index (χ3v) is 5.41. The van der Waals surface area contributed by atoms with Crippen LogP contribution < -0.4 is 10.2 Å². The van der Waals surface area contributed by atoms with Gasteiger partial charge in [0.15, 0.2) is 0 Å². The van der Waals surface area contributed by atoms with Gasteiger partial charge in [-0.05, 0) is 11.6 Å². The van der Waals surface area contributed by atoms with E-state index in [0.717, 1.165) is 29.2 Å². The molecule has 0 aliphatic carbocycles. The van der Waals surface area contributed by atoms with E-state index in [1.54, 1.807) is 14.1 Å². The van der Waals surface area contributed by atoms with Crippen LogP contribution >= 0.6 is 11.3 Å². The Bertz CT molecular complexity index is 768. The number of anilines is 1. The zero-order chi connectivity index (χ0) is 18.5. The quantitative estimate of drug-likeness (QED) is 0.872. The topological polar surface area (TPSA) is 61.9 Å². The number of rotatable bonds is 5.